The molecule has 0 saturated carbocycles. The maximum atomic E-state index is 12.9. The number of thiocarbonyl (C=S) groups is 1. The minimum absolute atomic E-state index is 0.110. The standard InChI is InChI=1S/C21H26N2O3S2/c1-4-13(2)26-20(24)18-16-10-5-6-11-17(16)28-19(18)23-21(27)22-14-8-7-9-15(12-14)25-3/h7-9,12-13H,4-6,10-11H2,1-3H3,(H2,22,23,27)/t13-/m1/s1. The van der Waals surface area contributed by atoms with Gasteiger partial charge in [-0.2, -0.15) is 0 Å². The second-order valence-corrected chi connectivity index (χ2v) is 8.36. The van der Waals surface area contributed by atoms with Crippen molar-refractivity contribution in [2.45, 2.75) is 52.1 Å². The van der Waals surface area contributed by atoms with E-state index < -0.39 is 0 Å². The van der Waals surface area contributed by atoms with Gasteiger partial charge in [-0.1, -0.05) is 13.0 Å². The number of hydrogen-bond acceptors (Lipinski definition) is 5. The van der Waals surface area contributed by atoms with Crippen molar-refractivity contribution in [3.05, 3.63) is 40.3 Å². The third kappa shape index (κ3) is 4.83. The van der Waals surface area contributed by atoms with Crippen LogP contribution in [0.15, 0.2) is 24.3 Å². The molecule has 0 aliphatic heterocycles. The molecule has 0 unspecified atom stereocenters. The number of carbonyl (C=O) groups excluding carboxylic acids is 1. The summed E-state index contributed by atoms with van der Waals surface area (Å²) in [6, 6.07) is 7.54. The van der Waals surface area contributed by atoms with Crippen molar-refractivity contribution in [1.82, 2.24) is 0 Å². The molecule has 7 heteroatoms. The predicted molar refractivity (Wildman–Crippen MR) is 119 cm³/mol. The molecule has 0 bridgehead atoms. The molecule has 3 rings (SSSR count). The summed E-state index contributed by atoms with van der Waals surface area (Å²) in [6.45, 7) is 3.92. The van der Waals surface area contributed by atoms with Gasteiger partial charge < -0.3 is 20.1 Å². The first-order chi connectivity index (χ1) is 13.5. The molecule has 0 saturated heterocycles. The number of carbonyl (C=O) groups is 1. The Morgan fingerprint density at radius 3 is 2.82 bits per heavy atom. The summed E-state index contributed by atoms with van der Waals surface area (Å²) >= 11 is 7.09. The molecule has 1 aromatic heterocycles. The zero-order valence-corrected chi connectivity index (χ0v) is 18.1. The van der Waals surface area contributed by atoms with E-state index in [4.69, 9.17) is 21.7 Å². The van der Waals surface area contributed by atoms with Gasteiger partial charge in [0.25, 0.3) is 0 Å². The van der Waals surface area contributed by atoms with Crippen LogP contribution < -0.4 is 15.4 Å². The molecule has 0 spiro atoms. The Balaban J connectivity index is 1.81. The lowest BCUT2D eigenvalue weighted by Gasteiger charge is -2.16. The molecular weight excluding hydrogens is 392 g/mol. The highest BCUT2D eigenvalue weighted by atomic mass is 32.1. The maximum Gasteiger partial charge on any atom is 0.341 e. The second-order valence-electron chi connectivity index (χ2n) is 6.85. The summed E-state index contributed by atoms with van der Waals surface area (Å²) < 4.78 is 10.9. The largest absolute Gasteiger partial charge is 0.497 e. The van der Waals surface area contributed by atoms with E-state index in [0.717, 1.165) is 54.1 Å². The van der Waals surface area contributed by atoms with Crippen LogP contribution in [0, 0.1) is 0 Å². The number of anilines is 2. The highest BCUT2D eigenvalue weighted by Gasteiger charge is 2.27. The molecule has 1 heterocycles. The summed E-state index contributed by atoms with van der Waals surface area (Å²) in [6.07, 6.45) is 4.84. The van der Waals surface area contributed by atoms with Gasteiger partial charge in [0.1, 0.15) is 10.8 Å². The molecular formula is C21H26N2O3S2. The number of fused-ring (bicyclic) bond motifs is 1. The molecule has 2 aromatic rings. The summed E-state index contributed by atoms with van der Waals surface area (Å²) in [7, 11) is 1.63. The van der Waals surface area contributed by atoms with Crippen LogP contribution in [0.25, 0.3) is 0 Å². The third-order valence-corrected chi connectivity index (χ3v) is 6.22. The quantitative estimate of drug-likeness (QED) is 0.484. The van der Waals surface area contributed by atoms with E-state index in [9.17, 15) is 4.79 Å². The van der Waals surface area contributed by atoms with E-state index in [0.29, 0.717) is 10.7 Å². The molecule has 1 aliphatic rings. The lowest BCUT2D eigenvalue weighted by atomic mass is 9.95. The molecule has 0 radical (unpaired) electrons. The van der Waals surface area contributed by atoms with Crippen molar-refractivity contribution in [1.29, 1.82) is 0 Å². The van der Waals surface area contributed by atoms with Crippen LogP contribution >= 0.6 is 23.6 Å². The van der Waals surface area contributed by atoms with Gasteiger partial charge in [0.2, 0.25) is 0 Å². The summed E-state index contributed by atoms with van der Waals surface area (Å²) in [4.78, 5) is 14.1. The van der Waals surface area contributed by atoms with Crippen LogP contribution in [-0.2, 0) is 17.6 Å². The SMILES string of the molecule is CC[C@@H](C)OC(=O)c1c(NC(=S)Nc2cccc(OC)c2)sc2c1CCCC2. The Morgan fingerprint density at radius 1 is 1.29 bits per heavy atom. The molecule has 0 amide bonds. The summed E-state index contributed by atoms with van der Waals surface area (Å²) in [5, 5.41) is 7.58. The second kappa shape index (κ2) is 9.39. The summed E-state index contributed by atoms with van der Waals surface area (Å²) in [5.41, 5.74) is 2.59. The van der Waals surface area contributed by atoms with Crippen molar-refractivity contribution >= 4 is 45.3 Å². The average Bonchev–Trinajstić information content (AvgIpc) is 3.05. The van der Waals surface area contributed by atoms with Crippen LogP contribution in [-0.4, -0.2) is 24.3 Å². The van der Waals surface area contributed by atoms with E-state index >= 15 is 0 Å². The van der Waals surface area contributed by atoms with E-state index in [1.807, 2.05) is 38.1 Å². The van der Waals surface area contributed by atoms with Crippen LogP contribution in [0.3, 0.4) is 0 Å². The van der Waals surface area contributed by atoms with E-state index in [1.54, 1.807) is 18.4 Å². The first-order valence-electron chi connectivity index (χ1n) is 9.59. The zero-order chi connectivity index (χ0) is 20.1. The maximum absolute atomic E-state index is 12.9. The van der Waals surface area contributed by atoms with E-state index in [-0.39, 0.29) is 12.1 Å². The minimum atomic E-state index is -0.263. The van der Waals surface area contributed by atoms with Gasteiger partial charge >= 0.3 is 5.97 Å². The first-order valence-corrected chi connectivity index (χ1v) is 10.8. The topological polar surface area (TPSA) is 59.6 Å². The molecule has 0 fully saturated rings. The van der Waals surface area contributed by atoms with Gasteiger partial charge in [0.05, 0.1) is 18.8 Å². The molecule has 1 aliphatic carbocycles. The number of esters is 1. The molecule has 1 aromatic carbocycles. The number of benzene rings is 1. The Morgan fingerprint density at radius 2 is 2.07 bits per heavy atom. The number of aryl methyl sites for hydroxylation is 1. The summed E-state index contributed by atoms with van der Waals surface area (Å²) in [5.74, 6) is 0.484. The van der Waals surface area contributed by atoms with Gasteiger partial charge in [-0.3, -0.25) is 0 Å². The van der Waals surface area contributed by atoms with Gasteiger partial charge in [-0.05, 0) is 68.9 Å². The normalized spacial score (nSPS) is 14.0. The van der Waals surface area contributed by atoms with Crippen LogP contribution in [0.2, 0.25) is 0 Å². The number of ether oxygens (including phenoxy) is 2. The third-order valence-electron chi connectivity index (χ3n) is 4.81. The number of rotatable bonds is 6. The van der Waals surface area contributed by atoms with Gasteiger partial charge in [0.15, 0.2) is 5.11 Å². The molecule has 28 heavy (non-hydrogen) atoms. The first kappa shape index (κ1) is 20.6. The number of hydrogen-bond donors (Lipinski definition) is 2. The number of methoxy groups -OCH3 is 1. The molecule has 2 N–H and O–H groups in total. The van der Waals surface area contributed by atoms with Crippen LogP contribution in [0.1, 0.15) is 53.9 Å². The van der Waals surface area contributed by atoms with Crippen LogP contribution in [0.4, 0.5) is 10.7 Å². The minimum Gasteiger partial charge on any atom is -0.497 e. The fraction of sp³-hybridized carbons (Fsp3) is 0.429. The predicted octanol–water partition coefficient (Wildman–Crippen LogP) is 5.40. The highest BCUT2D eigenvalue weighted by Crippen LogP contribution is 2.39. The Labute approximate surface area is 175 Å². The Bertz CT molecular complexity index is 863. The number of thiophene rings is 1. The van der Waals surface area contributed by atoms with Crippen molar-refractivity contribution in [3.63, 3.8) is 0 Å². The lowest BCUT2D eigenvalue weighted by molar-refractivity contribution is 0.0335. The fourth-order valence-electron chi connectivity index (χ4n) is 3.16. The van der Waals surface area contributed by atoms with Crippen molar-refractivity contribution in [2.75, 3.05) is 17.7 Å². The van der Waals surface area contributed by atoms with Gasteiger partial charge in [0, 0.05) is 16.6 Å². The molecule has 5 nitrogen and oxygen atoms in total. The van der Waals surface area contributed by atoms with Crippen molar-refractivity contribution < 1.29 is 14.3 Å². The Hall–Kier alpha value is -2.12. The highest BCUT2D eigenvalue weighted by molar-refractivity contribution is 7.80. The van der Waals surface area contributed by atoms with Crippen molar-refractivity contribution in [2.24, 2.45) is 0 Å². The average molecular weight is 419 g/mol. The fourth-order valence-corrected chi connectivity index (χ4v) is 4.73. The number of nitrogens with one attached hydrogen (secondary N) is 2. The monoisotopic (exact) mass is 418 g/mol. The van der Waals surface area contributed by atoms with Gasteiger partial charge in [-0.25, -0.2) is 4.79 Å². The van der Waals surface area contributed by atoms with Crippen molar-refractivity contribution in [3.8, 4) is 5.75 Å². The molecule has 150 valence electrons. The Kier molecular flexibility index (Phi) is 6.91. The van der Waals surface area contributed by atoms with Crippen LogP contribution in [0.5, 0.6) is 5.75 Å². The van der Waals surface area contributed by atoms with Gasteiger partial charge in [-0.15, -0.1) is 11.3 Å². The van der Waals surface area contributed by atoms with E-state index in [2.05, 4.69) is 10.6 Å². The zero-order valence-electron chi connectivity index (χ0n) is 16.5. The lowest BCUT2D eigenvalue weighted by Crippen LogP contribution is -2.21. The van der Waals surface area contributed by atoms with E-state index in [1.165, 1.54) is 4.88 Å². The smallest absolute Gasteiger partial charge is 0.341 e. The molecule has 1 atom stereocenters.